The van der Waals surface area contributed by atoms with Crippen LogP contribution in [0.1, 0.15) is 25.3 Å². The van der Waals surface area contributed by atoms with Gasteiger partial charge in [0.15, 0.2) is 0 Å². The maximum absolute atomic E-state index is 12.0. The molecular formula is C17H21ClN2O3. The highest BCUT2D eigenvalue weighted by atomic mass is 35.5. The van der Waals surface area contributed by atoms with Crippen molar-refractivity contribution < 1.29 is 14.3 Å². The first-order valence-electron chi connectivity index (χ1n) is 7.74. The number of ether oxygens (including phenoxy) is 1. The summed E-state index contributed by atoms with van der Waals surface area (Å²) >= 11 is 5.90. The number of rotatable bonds is 4. The molecule has 0 atom stereocenters. The summed E-state index contributed by atoms with van der Waals surface area (Å²) in [6, 6.07) is 7.38. The molecule has 23 heavy (non-hydrogen) atoms. The van der Waals surface area contributed by atoms with Gasteiger partial charge in [0.05, 0.1) is 6.61 Å². The smallest absolute Gasteiger partial charge is 0.409 e. The van der Waals surface area contributed by atoms with Gasteiger partial charge < -0.3 is 15.0 Å². The zero-order chi connectivity index (χ0) is 16.7. The first-order valence-corrected chi connectivity index (χ1v) is 8.12. The van der Waals surface area contributed by atoms with Crippen molar-refractivity contribution in [1.29, 1.82) is 0 Å². The fourth-order valence-corrected chi connectivity index (χ4v) is 2.65. The molecule has 6 heteroatoms. The number of carbonyl (C=O) groups excluding carboxylic acids is 2. The Labute approximate surface area is 141 Å². The monoisotopic (exact) mass is 336 g/mol. The quantitative estimate of drug-likeness (QED) is 0.859. The van der Waals surface area contributed by atoms with E-state index in [2.05, 4.69) is 5.32 Å². The molecular weight excluding hydrogens is 316 g/mol. The van der Waals surface area contributed by atoms with Gasteiger partial charge in [0.25, 0.3) is 0 Å². The molecule has 2 rings (SSSR count). The predicted molar refractivity (Wildman–Crippen MR) is 90.2 cm³/mol. The fourth-order valence-electron chi connectivity index (χ4n) is 2.45. The average molecular weight is 337 g/mol. The van der Waals surface area contributed by atoms with Gasteiger partial charge >= 0.3 is 6.09 Å². The largest absolute Gasteiger partial charge is 0.450 e. The Balaban J connectivity index is 1.77. The zero-order valence-corrected chi connectivity index (χ0v) is 13.9. The third kappa shape index (κ3) is 5.60. The number of hydrogen-bond donors (Lipinski definition) is 1. The molecule has 1 aliphatic rings. The van der Waals surface area contributed by atoms with Crippen LogP contribution in [-0.2, 0) is 9.53 Å². The molecule has 0 bridgehead atoms. The van der Waals surface area contributed by atoms with Crippen molar-refractivity contribution in [2.75, 3.05) is 19.7 Å². The van der Waals surface area contributed by atoms with E-state index in [1.807, 2.05) is 12.1 Å². The van der Waals surface area contributed by atoms with Crippen molar-refractivity contribution in [2.45, 2.75) is 25.8 Å². The van der Waals surface area contributed by atoms with Crippen molar-refractivity contribution >= 4 is 29.7 Å². The molecule has 0 unspecified atom stereocenters. The molecule has 1 heterocycles. The number of hydrogen-bond acceptors (Lipinski definition) is 3. The van der Waals surface area contributed by atoms with Crippen LogP contribution in [0.3, 0.4) is 0 Å². The highest BCUT2D eigenvalue weighted by molar-refractivity contribution is 6.30. The summed E-state index contributed by atoms with van der Waals surface area (Å²) in [7, 11) is 0. The maximum Gasteiger partial charge on any atom is 0.409 e. The van der Waals surface area contributed by atoms with E-state index < -0.39 is 0 Å². The molecule has 1 aromatic rings. The lowest BCUT2D eigenvalue weighted by atomic mass is 10.1. The minimum atomic E-state index is -0.280. The first kappa shape index (κ1) is 17.3. The average Bonchev–Trinajstić information content (AvgIpc) is 2.54. The Bertz CT molecular complexity index is 581. The second-order valence-electron chi connectivity index (χ2n) is 5.36. The Morgan fingerprint density at radius 2 is 2.13 bits per heavy atom. The molecule has 2 amide bonds. The molecule has 0 saturated carbocycles. The van der Waals surface area contributed by atoms with E-state index in [9.17, 15) is 9.59 Å². The Morgan fingerprint density at radius 3 is 2.78 bits per heavy atom. The van der Waals surface area contributed by atoms with Crippen LogP contribution in [-0.4, -0.2) is 42.6 Å². The summed E-state index contributed by atoms with van der Waals surface area (Å²) in [6.07, 6.45) is 4.42. The lowest BCUT2D eigenvalue weighted by molar-refractivity contribution is -0.117. The van der Waals surface area contributed by atoms with Crippen molar-refractivity contribution in [3.8, 4) is 0 Å². The Hall–Kier alpha value is -2.01. The number of nitrogens with one attached hydrogen (secondary N) is 1. The van der Waals surface area contributed by atoms with Gasteiger partial charge in [-0.15, -0.1) is 0 Å². The lowest BCUT2D eigenvalue weighted by Gasteiger charge is -2.31. The molecule has 0 radical (unpaired) electrons. The van der Waals surface area contributed by atoms with Crippen molar-refractivity contribution in [3.05, 3.63) is 40.9 Å². The van der Waals surface area contributed by atoms with E-state index >= 15 is 0 Å². The molecule has 1 N–H and O–H groups in total. The summed E-state index contributed by atoms with van der Waals surface area (Å²) < 4.78 is 4.97. The van der Waals surface area contributed by atoms with Crippen LogP contribution in [0.2, 0.25) is 5.02 Å². The van der Waals surface area contributed by atoms with E-state index in [-0.39, 0.29) is 18.0 Å². The summed E-state index contributed by atoms with van der Waals surface area (Å²) in [5, 5.41) is 3.60. The number of benzene rings is 1. The van der Waals surface area contributed by atoms with Gasteiger partial charge in [-0.1, -0.05) is 23.7 Å². The molecule has 0 aliphatic carbocycles. The third-order valence-corrected chi connectivity index (χ3v) is 3.88. The van der Waals surface area contributed by atoms with E-state index in [4.69, 9.17) is 16.3 Å². The minimum absolute atomic E-state index is 0.0807. The number of nitrogens with zero attached hydrogens (tertiary/aromatic N) is 1. The normalized spacial score (nSPS) is 15.7. The summed E-state index contributed by atoms with van der Waals surface area (Å²) in [5.41, 5.74) is 0.879. The van der Waals surface area contributed by atoms with Crippen LogP contribution in [0, 0.1) is 0 Å². The van der Waals surface area contributed by atoms with Gasteiger partial charge in [-0.25, -0.2) is 4.79 Å². The molecule has 1 aliphatic heterocycles. The van der Waals surface area contributed by atoms with E-state index in [1.54, 1.807) is 30.0 Å². The van der Waals surface area contributed by atoms with E-state index in [1.165, 1.54) is 6.08 Å². The first-order chi connectivity index (χ1) is 11.1. The molecule has 124 valence electrons. The fraction of sp³-hybridized carbons (Fsp3) is 0.412. The highest BCUT2D eigenvalue weighted by Crippen LogP contribution is 2.13. The van der Waals surface area contributed by atoms with Gasteiger partial charge in [-0.3, -0.25) is 4.79 Å². The number of amides is 2. The molecule has 1 aromatic carbocycles. The zero-order valence-electron chi connectivity index (χ0n) is 13.1. The maximum atomic E-state index is 12.0. The van der Waals surface area contributed by atoms with Crippen molar-refractivity contribution in [1.82, 2.24) is 10.2 Å². The predicted octanol–water partition coefficient (Wildman–Crippen LogP) is 3.09. The van der Waals surface area contributed by atoms with Gasteiger partial charge in [0.2, 0.25) is 5.91 Å². The molecule has 1 saturated heterocycles. The van der Waals surface area contributed by atoms with Gasteiger partial charge in [0, 0.05) is 30.2 Å². The van der Waals surface area contributed by atoms with Crippen molar-refractivity contribution in [2.24, 2.45) is 0 Å². The number of piperidine rings is 1. The number of halogens is 1. The van der Waals surface area contributed by atoms with Gasteiger partial charge in [-0.2, -0.15) is 0 Å². The van der Waals surface area contributed by atoms with Crippen LogP contribution in [0.4, 0.5) is 4.79 Å². The molecule has 0 aromatic heterocycles. The number of likely N-dealkylation sites (tertiary alicyclic amines) is 1. The van der Waals surface area contributed by atoms with Gasteiger partial charge in [-0.05, 0) is 43.5 Å². The SMILES string of the molecule is CCOC(=O)N1CCC(NC(=O)/C=C/c2cccc(Cl)c2)CC1. The highest BCUT2D eigenvalue weighted by Gasteiger charge is 2.23. The molecule has 5 nitrogen and oxygen atoms in total. The lowest BCUT2D eigenvalue weighted by Crippen LogP contribution is -2.46. The summed E-state index contributed by atoms with van der Waals surface area (Å²) in [5.74, 6) is -0.139. The van der Waals surface area contributed by atoms with Crippen LogP contribution in [0.5, 0.6) is 0 Å². The number of carbonyl (C=O) groups is 2. The van der Waals surface area contributed by atoms with Crippen LogP contribution < -0.4 is 5.32 Å². The third-order valence-electron chi connectivity index (χ3n) is 3.64. The second kappa shape index (κ2) is 8.58. The topological polar surface area (TPSA) is 58.6 Å². The van der Waals surface area contributed by atoms with Gasteiger partial charge in [0.1, 0.15) is 0 Å². The van der Waals surface area contributed by atoms with E-state index in [0.717, 1.165) is 18.4 Å². The van der Waals surface area contributed by atoms with Crippen LogP contribution >= 0.6 is 11.6 Å². The molecule has 1 fully saturated rings. The van der Waals surface area contributed by atoms with E-state index in [0.29, 0.717) is 24.7 Å². The summed E-state index contributed by atoms with van der Waals surface area (Å²) in [6.45, 7) is 3.37. The second-order valence-corrected chi connectivity index (χ2v) is 5.79. The Morgan fingerprint density at radius 1 is 1.39 bits per heavy atom. The van der Waals surface area contributed by atoms with Crippen LogP contribution in [0.25, 0.3) is 6.08 Å². The standard InChI is InChI=1S/C17H21ClN2O3/c1-2-23-17(22)20-10-8-15(9-11-20)19-16(21)7-6-13-4-3-5-14(18)12-13/h3-7,12,15H,2,8-11H2,1H3,(H,19,21)/b7-6+. The minimum Gasteiger partial charge on any atom is -0.450 e. The molecule has 0 spiro atoms. The van der Waals surface area contributed by atoms with Crippen LogP contribution in [0.15, 0.2) is 30.3 Å². The van der Waals surface area contributed by atoms with Crippen molar-refractivity contribution in [3.63, 3.8) is 0 Å². The summed E-state index contributed by atoms with van der Waals surface area (Å²) in [4.78, 5) is 25.2. The Kier molecular flexibility index (Phi) is 6.47.